The molecule has 1 fully saturated rings. The zero-order valence-corrected chi connectivity index (χ0v) is 18.5. The number of nitrogens with two attached hydrogens (primary N) is 1. The van der Waals surface area contributed by atoms with Gasteiger partial charge in [-0.05, 0) is 36.5 Å². The lowest BCUT2D eigenvalue weighted by molar-refractivity contribution is 0.109. The fraction of sp³-hybridized carbons (Fsp3) is 0.500. The Morgan fingerprint density at radius 1 is 1.28 bits per heavy atom. The highest BCUT2D eigenvalue weighted by atomic mass is 35.5. The van der Waals surface area contributed by atoms with E-state index in [1.54, 1.807) is 6.07 Å². The van der Waals surface area contributed by atoms with Crippen molar-refractivity contribution in [3.8, 4) is 0 Å². The summed E-state index contributed by atoms with van der Waals surface area (Å²) in [6.07, 6.45) is 2.19. The summed E-state index contributed by atoms with van der Waals surface area (Å²) in [6.45, 7) is 5.88. The molecule has 2 N–H and O–H groups in total. The maximum absolute atomic E-state index is 11.6. The third kappa shape index (κ3) is 5.58. The summed E-state index contributed by atoms with van der Waals surface area (Å²) in [5, 5.41) is 0.512. The Hall–Kier alpha value is -1.90. The predicted octanol–water partition coefficient (Wildman–Crippen LogP) is 3.17. The molecule has 0 aliphatic carbocycles. The Bertz CT molecular complexity index is 963. The lowest BCUT2D eigenvalue weighted by Gasteiger charge is -2.33. The van der Waals surface area contributed by atoms with E-state index in [2.05, 4.69) is 21.8 Å². The summed E-state index contributed by atoms with van der Waals surface area (Å²) < 4.78 is 29.2. The van der Waals surface area contributed by atoms with Crippen molar-refractivity contribution in [2.45, 2.75) is 32.1 Å². The zero-order chi connectivity index (χ0) is 21.2. The van der Waals surface area contributed by atoms with Crippen LogP contribution in [-0.4, -0.2) is 44.4 Å². The molecule has 2 atom stereocenters. The van der Waals surface area contributed by atoms with Crippen molar-refractivity contribution in [1.29, 1.82) is 0 Å². The highest BCUT2D eigenvalue weighted by Gasteiger charge is 2.30. The predicted molar refractivity (Wildman–Crippen MR) is 116 cm³/mol. The van der Waals surface area contributed by atoms with Crippen LogP contribution in [0, 0.1) is 12.8 Å². The molecule has 1 aliphatic rings. The van der Waals surface area contributed by atoms with E-state index in [1.165, 1.54) is 6.26 Å². The molecule has 2 heterocycles. The summed E-state index contributed by atoms with van der Waals surface area (Å²) in [5.41, 5.74) is 8.23. The van der Waals surface area contributed by atoms with E-state index < -0.39 is 9.84 Å². The minimum Gasteiger partial charge on any atom is -0.379 e. The van der Waals surface area contributed by atoms with E-state index in [0.717, 1.165) is 30.0 Å². The Balaban J connectivity index is 2.02. The van der Waals surface area contributed by atoms with Gasteiger partial charge in [0.05, 0.1) is 25.0 Å². The first-order valence-corrected chi connectivity index (χ1v) is 12.0. The average Bonchev–Trinajstić information content (AvgIpc) is 2.82. The minimum absolute atomic E-state index is 0.0442. The number of benzene rings is 1. The molecule has 1 aliphatic heterocycles. The molecule has 7 nitrogen and oxygen atoms in total. The molecule has 0 bridgehead atoms. The van der Waals surface area contributed by atoms with Crippen molar-refractivity contribution >= 4 is 33.2 Å². The highest BCUT2D eigenvalue weighted by Crippen LogP contribution is 2.35. The van der Waals surface area contributed by atoms with E-state index in [9.17, 15) is 8.42 Å². The van der Waals surface area contributed by atoms with Crippen LogP contribution in [0.1, 0.15) is 36.2 Å². The first kappa shape index (κ1) is 21.8. The quantitative estimate of drug-likeness (QED) is 0.765. The molecule has 3 rings (SSSR count). The van der Waals surface area contributed by atoms with Gasteiger partial charge in [0.1, 0.15) is 5.82 Å². The van der Waals surface area contributed by atoms with Crippen molar-refractivity contribution in [3.63, 3.8) is 0 Å². The topological polar surface area (TPSA) is 98.4 Å². The van der Waals surface area contributed by atoms with Gasteiger partial charge in [-0.1, -0.05) is 30.7 Å². The lowest BCUT2D eigenvalue weighted by Crippen LogP contribution is -2.34. The van der Waals surface area contributed by atoms with E-state index in [1.807, 2.05) is 25.1 Å². The van der Waals surface area contributed by atoms with E-state index >= 15 is 0 Å². The molecule has 9 heteroatoms. The molecule has 0 radical (unpaired) electrons. The van der Waals surface area contributed by atoms with Crippen LogP contribution in [0.25, 0.3) is 0 Å². The maximum atomic E-state index is 11.6. The van der Waals surface area contributed by atoms with Gasteiger partial charge in [0, 0.05) is 29.6 Å². The third-order valence-corrected chi connectivity index (χ3v) is 6.23. The lowest BCUT2D eigenvalue weighted by atomic mass is 10.0. The summed E-state index contributed by atoms with van der Waals surface area (Å²) in [7, 11) is -3.14. The number of ether oxygens (including phenoxy) is 1. The zero-order valence-electron chi connectivity index (χ0n) is 16.9. The highest BCUT2D eigenvalue weighted by molar-refractivity contribution is 7.89. The van der Waals surface area contributed by atoms with Gasteiger partial charge in [-0.25, -0.2) is 13.4 Å². The Labute approximate surface area is 177 Å². The smallest absolute Gasteiger partial charge is 0.222 e. The molecule has 0 saturated carbocycles. The first-order chi connectivity index (χ1) is 13.7. The van der Waals surface area contributed by atoms with Gasteiger partial charge in [-0.3, -0.25) is 0 Å². The van der Waals surface area contributed by atoms with Crippen molar-refractivity contribution in [2.24, 2.45) is 5.92 Å². The SMILES string of the molecule is CC[C@@H]1COC[C@H](c2ccc(CS(C)(=O)=O)cc2Cl)N(c2cc(C)nc(N)n2)C1. The number of halogens is 1. The second kappa shape index (κ2) is 8.85. The fourth-order valence-electron chi connectivity index (χ4n) is 3.61. The summed E-state index contributed by atoms with van der Waals surface area (Å²) >= 11 is 6.60. The number of hydrogen-bond acceptors (Lipinski definition) is 7. The molecule has 2 aromatic rings. The van der Waals surface area contributed by atoms with Crippen molar-refractivity contribution in [3.05, 3.63) is 46.1 Å². The summed E-state index contributed by atoms with van der Waals surface area (Å²) in [6, 6.07) is 7.15. The van der Waals surface area contributed by atoms with Gasteiger partial charge in [0.25, 0.3) is 0 Å². The second-order valence-electron chi connectivity index (χ2n) is 7.63. The standard InChI is InChI=1S/C20H27ClN4O3S/c1-4-14-9-25(19-7-13(2)23-20(22)24-19)18(11-28-10-14)16-6-5-15(8-17(16)21)12-29(3,26)27/h5-8,14,18H,4,9-12H2,1-3H3,(H2,22,23,24)/t14-,18+/m0/s1. The van der Waals surface area contributed by atoms with Gasteiger partial charge < -0.3 is 15.4 Å². The molecule has 1 aromatic heterocycles. The van der Waals surface area contributed by atoms with Gasteiger partial charge in [0.15, 0.2) is 9.84 Å². The van der Waals surface area contributed by atoms with Crippen LogP contribution in [-0.2, 0) is 20.3 Å². The summed E-state index contributed by atoms with van der Waals surface area (Å²) in [5.74, 6) is 1.27. The van der Waals surface area contributed by atoms with Crippen LogP contribution in [0.5, 0.6) is 0 Å². The molecule has 158 valence electrons. The van der Waals surface area contributed by atoms with Crippen LogP contribution in [0.2, 0.25) is 5.02 Å². The van der Waals surface area contributed by atoms with Crippen LogP contribution in [0.15, 0.2) is 24.3 Å². The van der Waals surface area contributed by atoms with E-state index in [-0.39, 0.29) is 17.7 Å². The monoisotopic (exact) mass is 438 g/mol. The molecule has 0 amide bonds. The van der Waals surface area contributed by atoms with Gasteiger partial charge in [0.2, 0.25) is 5.95 Å². The van der Waals surface area contributed by atoms with Gasteiger partial charge in [-0.2, -0.15) is 4.98 Å². The molecule has 0 unspecified atom stereocenters. The fourth-order valence-corrected chi connectivity index (χ4v) is 4.72. The Morgan fingerprint density at radius 2 is 2.03 bits per heavy atom. The number of aryl methyl sites for hydroxylation is 1. The molecule has 0 spiro atoms. The molecule has 29 heavy (non-hydrogen) atoms. The molecule has 1 saturated heterocycles. The van der Waals surface area contributed by atoms with E-state index in [4.69, 9.17) is 22.1 Å². The maximum Gasteiger partial charge on any atom is 0.222 e. The van der Waals surface area contributed by atoms with Gasteiger partial charge >= 0.3 is 0 Å². The largest absolute Gasteiger partial charge is 0.379 e. The molecular weight excluding hydrogens is 412 g/mol. The van der Waals surface area contributed by atoms with Crippen molar-refractivity contribution in [2.75, 3.05) is 36.6 Å². The number of aromatic nitrogens is 2. The number of anilines is 2. The van der Waals surface area contributed by atoms with Crippen LogP contribution in [0.3, 0.4) is 0 Å². The van der Waals surface area contributed by atoms with Crippen LogP contribution < -0.4 is 10.6 Å². The van der Waals surface area contributed by atoms with Crippen molar-refractivity contribution < 1.29 is 13.2 Å². The summed E-state index contributed by atoms with van der Waals surface area (Å²) in [4.78, 5) is 10.8. The van der Waals surface area contributed by atoms with Crippen LogP contribution in [0.4, 0.5) is 11.8 Å². The van der Waals surface area contributed by atoms with Crippen molar-refractivity contribution in [1.82, 2.24) is 9.97 Å². The van der Waals surface area contributed by atoms with Gasteiger partial charge in [-0.15, -0.1) is 0 Å². The Kier molecular flexibility index (Phi) is 6.65. The Morgan fingerprint density at radius 3 is 2.66 bits per heavy atom. The number of nitrogen functional groups attached to an aromatic ring is 1. The normalized spacial score (nSPS) is 20.5. The number of rotatable bonds is 5. The number of sulfone groups is 1. The van der Waals surface area contributed by atoms with E-state index in [0.29, 0.717) is 29.7 Å². The average molecular weight is 439 g/mol. The first-order valence-electron chi connectivity index (χ1n) is 9.58. The number of hydrogen-bond donors (Lipinski definition) is 1. The molecule has 1 aromatic carbocycles. The van der Waals surface area contributed by atoms with Crippen LogP contribution >= 0.6 is 11.6 Å². The molecular formula is C20H27ClN4O3S. The number of nitrogens with zero attached hydrogens (tertiary/aromatic N) is 3. The minimum atomic E-state index is -3.14. The third-order valence-electron chi connectivity index (χ3n) is 5.04. The second-order valence-corrected chi connectivity index (χ2v) is 10.2.